The molecule has 2 heterocycles. The maximum Gasteiger partial charge on any atom is 0.251 e. The van der Waals surface area contributed by atoms with E-state index in [9.17, 15) is 4.79 Å². The molecule has 14 heavy (non-hydrogen) atoms. The summed E-state index contributed by atoms with van der Waals surface area (Å²) >= 11 is 1.55. The second kappa shape index (κ2) is 4.08. The molecule has 5 heteroatoms. The van der Waals surface area contributed by atoms with Gasteiger partial charge in [0.1, 0.15) is 6.61 Å². The first-order valence-corrected chi connectivity index (χ1v) is 5.27. The topological polar surface area (TPSA) is 49.8 Å². The molecular weight excluding hydrogens is 202 g/mol. The van der Waals surface area contributed by atoms with Crippen LogP contribution in [0.3, 0.4) is 0 Å². The minimum Gasteiger partial charge on any atom is -0.389 e. The van der Waals surface area contributed by atoms with Gasteiger partial charge in [0.15, 0.2) is 0 Å². The molecule has 0 spiro atoms. The van der Waals surface area contributed by atoms with Crippen LogP contribution in [-0.2, 0) is 16.1 Å². The van der Waals surface area contributed by atoms with Gasteiger partial charge in [0.2, 0.25) is 0 Å². The van der Waals surface area contributed by atoms with Crippen molar-refractivity contribution in [3.63, 3.8) is 0 Å². The molecule has 0 unspecified atom stereocenters. The van der Waals surface area contributed by atoms with Crippen molar-refractivity contribution in [2.45, 2.75) is 12.5 Å². The van der Waals surface area contributed by atoms with E-state index < -0.39 is 6.10 Å². The minimum atomic E-state index is -0.540. The zero-order chi connectivity index (χ0) is 9.97. The molecule has 1 N–H and O–H groups in total. The Morgan fingerprint density at radius 1 is 1.79 bits per heavy atom. The average molecular weight is 213 g/mol. The number of thiophene rings is 1. The average Bonchev–Trinajstić information content (AvgIpc) is 2.75. The van der Waals surface area contributed by atoms with Crippen LogP contribution in [0, 0.1) is 0 Å². The van der Waals surface area contributed by atoms with Crippen molar-refractivity contribution in [3.05, 3.63) is 22.4 Å². The van der Waals surface area contributed by atoms with Gasteiger partial charge in [0.05, 0.1) is 19.1 Å². The molecule has 1 fully saturated rings. The van der Waals surface area contributed by atoms with Crippen LogP contribution in [0.4, 0.5) is 0 Å². The predicted octanol–water partition coefficient (Wildman–Crippen LogP) is 0.425. The van der Waals surface area contributed by atoms with Crippen LogP contribution in [0.25, 0.3) is 0 Å². The molecule has 1 aliphatic heterocycles. The number of hydrogen-bond donors (Lipinski definition) is 1. The first-order chi connectivity index (χ1) is 6.75. The quantitative estimate of drug-likeness (QED) is 0.775. The number of carbonyl (C=O) groups excluding carboxylic acids is 1. The summed E-state index contributed by atoms with van der Waals surface area (Å²) < 4.78 is 0. The van der Waals surface area contributed by atoms with E-state index in [0.29, 0.717) is 6.42 Å². The Morgan fingerprint density at radius 2 is 2.64 bits per heavy atom. The second-order valence-corrected chi connectivity index (χ2v) is 4.19. The van der Waals surface area contributed by atoms with E-state index in [-0.39, 0.29) is 19.1 Å². The molecule has 0 aliphatic carbocycles. The highest BCUT2D eigenvalue weighted by Gasteiger charge is 2.25. The fourth-order valence-electron chi connectivity index (χ4n) is 1.30. The monoisotopic (exact) mass is 213 g/mol. The maximum atomic E-state index is 11.6. The van der Waals surface area contributed by atoms with E-state index in [1.165, 1.54) is 5.06 Å². The number of hydroxylamine groups is 2. The van der Waals surface area contributed by atoms with Gasteiger partial charge in [0, 0.05) is 4.88 Å². The molecule has 1 saturated heterocycles. The molecule has 1 atom stereocenters. The number of aliphatic hydroxyl groups excluding tert-OH is 1. The van der Waals surface area contributed by atoms with Crippen molar-refractivity contribution in [2.24, 2.45) is 0 Å². The van der Waals surface area contributed by atoms with Gasteiger partial charge in [-0.1, -0.05) is 6.07 Å². The van der Waals surface area contributed by atoms with Crippen molar-refractivity contribution in [1.29, 1.82) is 0 Å². The van der Waals surface area contributed by atoms with Crippen LogP contribution in [0.1, 0.15) is 4.88 Å². The van der Waals surface area contributed by atoms with Gasteiger partial charge < -0.3 is 5.11 Å². The summed E-state index contributed by atoms with van der Waals surface area (Å²) in [5.41, 5.74) is 0. The summed E-state index contributed by atoms with van der Waals surface area (Å²) in [6, 6.07) is 3.82. The third-order valence-corrected chi connectivity index (χ3v) is 2.86. The molecule has 1 aromatic heterocycles. The van der Waals surface area contributed by atoms with Crippen LogP contribution in [0.5, 0.6) is 0 Å². The molecule has 0 saturated carbocycles. The molecule has 1 aliphatic rings. The summed E-state index contributed by atoms with van der Waals surface area (Å²) in [7, 11) is 0. The lowest BCUT2D eigenvalue weighted by molar-refractivity contribution is -0.167. The first kappa shape index (κ1) is 9.64. The Balaban J connectivity index is 1.90. The van der Waals surface area contributed by atoms with E-state index in [0.717, 1.165) is 4.88 Å². The van der Waals surface area contributed by atoms with Crippen molar-refractivity contribution in [1.82, 2.24) is 5.06 Å². The zero-order valence-corrected chi connectivity index (χ0v) is 8.37. The van der Waals surface area contributed by atoms with Gasteiger partial charge in [-0.25, -0.2) is 5.06 Å². The smallest absolute Gasteiger partial charge is 0.251 e. The summed E-state index contributed by atoms with van der Waals surface area (Å²) in [6.45, 7) is 0.500. The highest BCUT2D eigenvalue weighted by atomic mass is 32.1. The molecule has 0 radical (unpaired) electrons. The van der Waals surface area contributed by atoms with Gasteiger partial charge in [-0.2, -0.15) is 0 Å². The lowest BCUT2D eigenvalue weighted by Crippen LogP contribution is -2.29. The van der Waals surface area contributed by atoms with Crippen LogP contribution in [0.2, 0.25) is 0 Å². The summed E-state index contributed by atoms with van der Waals surface area (Å²) in [6.07, 6.45) is -0.188. The number of β-amino-alcohol motifs (C(OH)–C–C–N with tert-alkyl or cyclic N) is 1. The highest BCUT2D eigenvalue weighted by Crippen LogP contribution is 2.13. The third-order valence-electron chi connectivity index (χ3n) is 1.98. The Hall–Kier alpha value is -0.910. The molecule has 0 aromatic carbocycles. The van der Waals surface area contributed by atoms with Gasteiger partial charge in [-0.3, -0.25) is 9.63 Å². The van der Waals surface area contributed by atoms with E-state index in [1.54, 1.807) is 11.3 Å². The number of nitrogens with zero attached hydrogens (tertiary/aromatic N) is 1. The molecule has 1 aromatic rings. The molecule has 4 nitrogen and oxygen atoms in total. The summed E-state index contributed by atoms with van der Waals surface area (Å²) in [5.74, 6) is -0.0935. The fraction of sp³-hybridized carbons (Fsp3) is 0.444. The van der Waals surface area contributed by atoms with Crippen LogP contribution in [-0.4, -0.2) is 35.3 Å². The van der Waals surface area contributed by atoms with Gasteiger partial charge in [0.25, 0.3) is 5.91 Å². The van der Waals surface area contributed by atoms with Crippen LogP contribution >= 0.6 is 11.3 Å². The zero-order valence-electron chi connectivity index (χ0n) is 7.55. The SMILES string of the molecule is O=C(Cc1cccs1)N1C[C@@H](O)CO1. The number of carbonyl (C=O) groups is 1. The Labute approximate surface area is 85.7 Å². The van der Waals surface area contributed by atoms with Crippen molar-refractivity contribution >= 4 is 17.2 Å². The van der Waals surface area contributed by atoms with E-state index >= 15 is 0 Å². The number of amides is 1. The Bertz CT molecular complexity index is 312. The largest absolute Gasteiger partial charge is 0.389 e. The van der Waals surface area contributed by atoms with Crippen molar-refractivity contribution in [2.75, 3.05) is 13.2 Å². The highest BCUT2D eigenvalue weighted by molar-refractivity contribution is 7.10. The van der Waals surface area contributed by atoms with Crippen molar-refractivity contribution in [3.8, 4) is 0 Å². The lowest BCUT2D eigenvalue weighted by atomic mass is 10.3. The number of hydrogen-bond acceptors (Lipinski definition) is 4. The van der Waals surface area contributed by atoms with Gasteiger partial charge >= 0.3 is 0 Å². The minimum absolute atomic E-state index is 0.0935. The summed E-state index contributed by atoms with van der Waals surface area (Å²) in [5, 5.41) is 12.3. The molecular formula is C9H11NO3S. The second-order valence-electron chi connectivity index (χ2n) is 3.16. The first-order valence-electron chi connectivity index (χ1n) is 4.39. The summed E-state index contributed by atoms with van der Waals surface area (Å²) in [4.78, 5) is 17.6. The van der Waals surface area contributed by atoms with E-state index in [2.05, 4.69) is 0 Å². The lowest BCUT2D eigenvalue weighted by Gasteiger charge is -2.12. The van der Waals surface area contributed by atoms with Gasteiger partial charge in [-0.05, 0) is 11.4 Å². The molecule has 0 bridgehead atoms. The Morgan fingerprint density at radius 3 is 3.21 bits per heavy atom. The standard InChI is InChI=1S/C9H11NO3S/c11-7-5-10(13-6-7)9(12)4-8-2-1-3-14-8/h1-3,7,11H,4-6H2/t7-/m1/s1. The normalized spacial score (nSPS) is 21.5. The predicted molar refractivity (Wildman–Crippen MR) is 51.7 cm³/mol. The molecule has 76 valence electrons. The van der Waals surface area contributed by atoms with Gasteiger partial charge in [-0.15, -0.1) is 11.3 Å². The third kappa shape index (κ3) is 2.12. The molecule has 2 rings (SSSR count). The van der Waals surface area contributed by atoms with Crippen molar-refractivity contribution < 1.29 is 14.7 Å². The Kier molecular flexibility index (Phi) is 2.81. The van der Waals surface area contributed by atoms with E-state index in [4.69, 9.17) is 9.94 Å². The maximum absolute atomic E-state index is 11.6. The molecule has 1 amide bonds. The fourth-order valence-corrected chi connectivity index (χ4v) is 1.99. The number of aliphatic hydroxyl groups is 1. The number of rotatable bonds is 2. The van der Waals surface area contributed by atoms with Crippen LogP contribution < -0.4 is 0 Å². The van der Waals surface area contributed by atoms with Crippen LogP contribution in [0.15, 0.2) is 17.5 Å². The van der Waals surface area contributed by atoms with E-state index in [1.807, 2.05) is 17.5 Å².